The maximum absolute atomic E-state index is 13.9. The number of rotatable bonds is 4. The minimum absolute atomic E-state index is 0.0790. The molecule has 3 fully saturated rings. The molecule has 2 saturated carbocycles. The fourth-order valence-corrected chi connectivity index (χ4v) is 5.53. The highest BCUT2D eigenvalue weighted by Gasteiger charge is 2.42. The number of hydrogen-bond donors (Lipinski definition) is 1. The number of fused-ring (bicyclic) bond motifs is 2. The molecule has 1 aliphatic heterocycles. The van der Waals surface area contributed by atoms with Gasteiger partial charge in [-0.15, -0.1) is 0 Å². The Labute approximate surface area is 164 Å². The molecule has 0 aromatic heterocycles. The van der Waals surface area contributed by atoms with E-state index in [1.165, 1.54) is 31.7 Å². The highest BCUT2D eigenvalue weighted by Crippen LogP contribution is 2.49. The Morgan fingerprint density at radius 2 is 1.86 bits per heavy atom. The molecule has 152 valence electrons. The minimum Gasteiger partial charge on any atom is -0.353 e. The number of hydrogen-bond acceptors (Lipinski definition) is 2. The number of carbonyl (C=O) groups is 2. The van der Waals surface area contributed by atoms with Crippen molar-refractivity contribution in [3.8, 4) is 0 Å². The second kappa shape index (κ2) is 7.80. The van der Waals surface area contributed by atoms with E-state index in [-0.39, 0.29) is 23.4 Å². The maximum Gasteiger partial charge on any atom is 0.256 e. The highest BCUT2D eigenvalue weighted by atomic mass is 19.1. The zero-order valence-electron chi connectivity index (χ0n) is 16.3. The summed E-state index contributed by atoms with van der Waals surface area (Å²) < 4.78 is 26.9. The summed E-state index contributed by atoms with van der Waals surface area (Å²) in [6, 6.07) is 3.21. The predicted octanol–water partition coefficient (Wildman–Crippen LogP) is 3.76. The van der Waals surface area contributed by atoms with Crippen LogP contribution in [0, 0.1) is 35.3 Å². The largest absolute Gasteiger partial charge is 0.353 e. The van der Waals surface area contributed by atoms with Gasteiger partial charge >= 0.3 is 0 Å². The molecule has 3 aliphatic rings. The quantitative estimate of drug-likeness (QED) is 0.851. The molecule has 1 saturated heterocycles. The van der Waals surface area contributed by atoms with Crippen LogP contribution in [0.25, 0.3) is 0 Å². The summed E-state index contributed by atoms with van der Waals surface area (Å²) in [4.78, 5) is 26.7. The molecule has 0 spiro atoms. The molecule has 6 heteroatoms. The van der Waals surface area contributed by atoms with Crippen LogP contribution in [0.4, 0.5) is 8.78 Å². The van der Waals surface area contributed by atoms with Crippen LogP contribution in [0.5, 0.6) is 0 Å². The van der Waals surface area contributed by atoms with Crippen molar-refractivity contribution in [3.63, 3.8) is 0 Å². The first-order chi connectivity index (χ1) is 13.4. The second-order valence-corrected chi connectivity index (χ2v) is 8.83. The van der Waals surface area contributed by atoms with Gasteiger partial charge in [0.1, 0.15) is 11.6 Å². The van der Waals surface area contributed by atoms with Gasteiger partial charge in [0.15, 0.2) is 0 Å². The lowest BCUT2D eigenvalue weighted by atomic mass is 9.83. The molecule has 2 bridgehead atoms. The molecular weight excluding hydrogens is 362 g/mol. The van der Waals surface area contributed by atoms with E-state index >= 15 is 0 Å². The molecule has 4 nitrogen and oxygen atoms in total. The van der Waals surface area contributed by atoms with Crippen molar-refractivity contribution >= 4 is 11.8 Å². The monoisotopic (exact) mass is 390 g/mol. The topological polar surface area (TPSA) is 49.4 Å². The molecule has 1 heterocycles. The summed E-state index contributed by atoms with van der Waals surface area (Å²) in [5.41, 5.74) is -0.116. The van der Waals surface area contributed by atoms with E-state index in [9.17, 15) is 18.4 Å². The van der Waals surface area contributed by atoms with Crippen LogP contribution in [0.1, 0.15) is 55.8 Å². The third-order valence-corrected chi connectivity index (χ3v) is 7.12. The normalized spacial score (nSPS) is 28.4. The number of likely N-dealkylation sites (tertiary alicyclic amines) is 1. The van der Waals surface area contributed by atoms with E-state index in [0.29, 0.717) is 31.8 Å². The van der Waals surface area contributed by atoms with Crippen molar-refractivity contribution in [3.05, 3.63) is 35.4 Å². The van der Waals surface area contributed by atoms with Crippen LogP contribution < -0.4 is 5.32 Å². The predicted molar refractivity (Wildman–Crippen MR) is 102 cm³/mol. The van der Waals surface area contributed by atoms with Gasteiger partial charge in [-0.2, -0.15) is 0 Å². The molecule has 4 rings (SSSR count). The molecule has 2 amide bonds. The van der Waals surface area contributed by atoms with Gasteiger partial charge in [-0.1, -0.05) is 6.42 Å². The van der Waals surface area contributed by atoms with Gasteiger partial charge < -0.3 is 10.2 Å². The number of nitrogens with one attached hydrogen (secondary N) is 1. The van der Waals surface area contributed by atoms with Crippen molar-refractivity contribution < 1.29 is 18.4 Å². The van der Waals surface area contributed by atoms with Gasteiger partial charge in [0.05, 0.1) is 5.56 Å². The average Bonchev–Trinajstić information content (AvgIpc) is 3.31. The Hall–Kier alpha value is -1.98. The van der Waals surface area contributed by atoms with Gasteiger partial charge in [-0.25, -0.2) is 8.78 Å². The van der Waals surface area contributed by atoms with E-state index < -0.39 is 17.5 Å². The lowest BCUT2D eigenvalue weighted by Crippen LogP contribution is -2.47. The average molecular weight is 390 g/mol. The molecule has 0 radical (unpaired) electrons. The molecule has 1 N–H and O–H groups in total. The Balaban J connectivity index is 1.28. The van der Waals surface area contributed by atoms with E-state index in [2.05, 4.69) is 12.2 Å². The number of amides is 2. The second-order valence-electron chi connectivity index (χ2n) is 8.83. The summed E-state index contributed by atoms with van der Waals surface area (Å²) in [6.45, 7) is 2.95. The standard InChI is InChI=1S/C22H28F2N2O2/c1-13(19-11-14-2-3-16(19)10-14)25-21(27)15-6-8-26(9-7-15)22(28)18-5-4-17(23)12-20(18)24/h4-5,12-16,19H,2-3,6-11H2,1H3,(H,25,27)/t13-,14+,16+,19+/m1/s1. The van der Waals surface area contributed by atoms with Gasteiger partial charge in [0, 0.05) is 31.1 Å². The first-order valence-corrected chi connectivity index (χ1v) is 10.5. The number of carbonyl (C=O) groups excluding carboxylic acids is 2. The van der Waals surface area contributed by atoms with Crippen LogP contribution in [-0.4, -0.2) is 35.8 Å². The smallest absolute Gasteiger partial charge is 0.256 e. The van der Waals surface area contributed by atoms with Gasteiger partial charge in [-0.05, 0) is 68.9 Å². The SMILES string of the molecule is C[C@@H](NC(=O)C1CCN(C(=O)c2ccc(F)cc2F)CC1)[C@@H]1C[C@H]2CC[C@H]1C2. The first-order valence-electron chi connectivity index (χ1n) is 10.5. The molecule has 1 aromatic carbocycles. The van der Waals surface area contributed by atoms with Crippen molar-refractivity contribution in [1.29, 1.82) is 0 Å². The number of piperidine rings is 1. The van der Waals surface area contributed by atoms with Gasteiger partial charge in [0.2, 0.25) is 5.91 Å². The molecule has 4 atom stereocenters. The van der Waals surface area contributed by atoms with Gasteiger partial charge in [-0.3, -0.25) is 9.59 Å². The lowest BCUT2D eigenvalue weighted by Gasteiger charge is -2.34. The summed E-state index contributed by atoms with van der Waals surface area (Å²) >= 11 is 0. The fourth-order valence-electron chi connectivity index (χ4n) is 5.53. The number of nitrogens with zero attached hydrogens (tertiary/aromatic N) is 1. The molecule has 1 aromatic rings. The Morgan fingerprint density at radius 1 is 1.11 bits per heavy atom. The molecular formula is C22H28F2N2O2. The van der Waals surface area contributed by atoms with Crippen LogP contribution >= 0.6 is 0 Å². The van der Waals surface area contributed by atoms with E-state index in [1.54, 1.807) is 4.90 Å². The lowest BCUT2D eigenvalue weighted by molar-refractivity contribution is -0.127. The van der Waals surface area contributed by atoms with Crippen molar-refractivity contribution in [2.45, 2.75) is 51.5 Å². The Kier molecular flexibility index (Phi) is 5.39. The molecule has 0 unspecified atom stereocenters. The number of benzene rings is 1. The summed E-state index contributed by atoms with van der Waals surface area (Å²) in [6.07, 6.45) is 6.36. The molecule has 28 heavy (non-hydrogen) atoms. The Morgan fingerprint density at radius 3 is 2.46 bits per heavy atom. The minimum atomic E-state index is -0.843. The van der Waals surface area contributed by atoms with E-state index in [1.807, 2.05) is 0 Å². The number of halogens is 2. The fraction of sp³-hybridized carbons (Fsp3) is 0.636. The van der Waals surface area contributed by atoms with Crippen LogP contribution in [-0.2, 0) is 4.79 Å². The summed E-state index contributed by atoms with van der Waals surface area (Å²) in [7, 11) is 0. The van der Waals surface area contributed by atoms with Crippen molar-refractivity contribution in [1.82, 2.24) is 10.2 Å². The van der Waals surface area contributed by atoms with Gasteiger partial charge in [0.25, 0.3) is 5.91 Å². The maximum atomic E-state index is 13.9. The van der Waals surface area contributed by atoms with Crippen molar-refractivity contribution in [2.75, 3.05) is 13.1 Å². The van der Waals surface area contributed by atoms with E-state index in [4.69, 9.17) is 0 Å². The van der Waals surface area contributed by atoms with Crippen LogP contribution in [0.3, 0.4) is 0 Å². The zero-order chi connectivity index (χ0) is 19.8. The van der Waals surface area contributed by atoms with Crippen LogP contribution in [0.2, 0.25) is 0 Å². The first kappa shape index (κ1) is 19.3. The van der Waals surface area contributed by atoms with Crippen molar-refractivity contribution in [2.24, 2.45) is 23.7 Å². The Bertz CT molecular complexity index is 761. The third kappa shape index (κ3) is 3.78. The molecule has 2 aliphatic carbocycles. The van der Waals surface area contributed by atoms with E-state index in [0.717, 1.165) is 24.0 Å². The highest BCUT2D eigenvalue weighted by molar-refractivity contribution is 5.94. The summed E-state index contributed by atoms with van der Waals surface area (Å²) in [5, 5.41) is 3.22. The third-order valence-electron chi connectivity index (χ3n) is 7.12. The van der Waals surface area contributed by atoms with Crippen LogP contribution in [0.15, 0.2) is 18.2 Å². The summed E-state index contributed by atoms with van der Waals surface area (Å²) in [5.74, 6) is 0.218. The zero-order valence-corrected chi connectivity index (χ0v) is 16.3.